The SMILES string of the molecule is O=c1n(-c2ccc(Br)cc2)c(=O)n2n1CC=CC2. The van der Waals surface area contributed by atoms with Gasteiger partial charge in [0.25, 0.3) is 0 Å². The van der Waals surface area contributed by atoms with Gasteiger partial charge in [0.15, 0.2) is 0 Å². The molecule has 1 aliphatic heterocycles. The number of halogens is 1. The van der Waals surface area contributed by atoms with Crippen molar-refractivity contribution in [2.45, 2.75) is 13.1 Å². The van der Waals surface area contributed by atoms with Gasteiger partial charge >= 0.3 is 11.4 Å². The molecule has 2 heterocycles. The van der Waals surface area contributed by atoms with Gasteiger partial charge < -0.3 is 0 Å². The molecule has 6 heteroatoms. The number of fused-ring (bicyclic) bond motifs is 1. The molecule has 1 aliphatic rings. The van der Waals surface area contributed by atoms with Gasteiger partial charge in [-0.3, -0.25) is 0 Å². The zero-order valence-corrected chi connectivity index (χ0v) is 11.0. The molecule has 0 spiro atoms. The second-order valence-corrected chi connectivity index (χ2v) is 4.93. The predicted molar refractivity (Wildman–Crippen MR) is 71.1 cm³/mol. The van der Waals surface area contributed by atoms with E-state index in [1.165, 1.54) is 13.9 Å². The number of nitrogens with zero attached hydrogens (tertiary/aromatic N) is 3. The minimum absolute atomic E-state index is 0.299. The zero-order chi connectivity index (χ0) is 12.7. The van der Waals surface area contributed by atoms with Gasteiger partial charge in [0.05, 0.1) is 18.8 Å². The minimum atomic E-state index is -0.299. The molecule has 0 aliphatic carbocycles. The van der Waals surface area contributed by atoms with Crippen molar-refractivity contribution >= 4 is 15.9 Å². The van der Waals surface area contributed by atoms with Crippen molar-refractivity contribution in [3.05, 3.63) is 61.9 Å². The highest BCUT2D eigenvalue weighted by Crippen LogP contribution is 2.11. The van der Waals surface area contributed by atoms with Crippen LogP contribution in [0.2, 0.25) is 0 Å². The summed E-state index contributed by atoms with van der Waals surface area (Å²) >= 11 is 3.33. The van der Waals surface area contributed by atoms with Gasteiger partial charge in [0.1, 0.15) is 0 Å². The average molecular weight is 308 g/mol. The van der Waals surface area contributed by atoms with Crippen LogP contribution >= 0.6 is 15.9 Å². The third-order valence-electron chi connectivity index (χ3n) is 2.92. The highest BCUT2D eigenvalue weighted by atomic mass is 79.9. The molecule has 1 aromatic carbocycles. The molecule has 0 amide bonds. The Morgan fingerprint density at radius 2 is 1.39 bits per heavy atom. The van der Waals surface area contributed by atoms with Crippen molar-refractivity contribution in [1.82, 2.24) is 13.9 Å². The monoisotopic (exact) mass is 307 g/mol. The lowest BCUT2D eigenvalue weighted by Crippen LogP contribution is -2.28. The van der Waals surface area contributed by atoms with Crippen LogP contribution in [0.15, 0.2) is 50.5 Å². The molecule has 0 unspecified atom stereocenters. The van der Waals surface area contributed by atoms with Crippen LogP contribution in [-0.2, 0) is 13.1 Å². The summed E-state index contributed by atoms with van der Waals surface area (Å²) in [7, 11) is 0. The second kappa shape index (κ2) is 4.13. The Morgan fingerprint density at radius 3 is 1.89 bits per heavy atom. The summed E-state index contributed by atoms with van der Waals surface area (Å²) in [5, 5.41) is 0. The van der Waals surface area contributed by atoms with E-state index in [0.29, 0.717) is 18.8 Å². The molecule has 0 atom stereocenters. The lowest BCUT2D eigenvalue weighted by molar-refractivity contribution is 0.482. The zero-order valence-electron chi connectivity index (χ0n) is 9.41. The fraction of sp³-hybridized carbons (Fsp3) is 0.167. The van der Waals surface area contributed by atoms with Crippen LogP contribution in [0.5, 0.6) is 0 Å². The Balaban J connectivity index is 2.25. The number of hydrogen-bond donors (Lipinski definition) is 0. The number of benzene rings is 1. The maximum atomic E-state index is 12.2. The van der Waals surface area contributed by atoms with Gasteiger partial charge in [-0.15, -0.1) is 0 Å². The Bertz CT molecular complexity index is 695. The Labute approximate surface area is 111 Å². The largest absolute Gasteiger partial charge is 0.352 e. The van der Waals surface area contributed by atoms with Crippen molar-refractivity contribution in [3.8, 4) is 5.69 Å². The fourth-order valence-corrected chi connectivity index (χ4v) is 2.30. The molecule has 0 saturated carbocycles. The summed E-state index contributed by atoms with van der Waals surface area (Å²) in [6.07, 6.45) is 3.76. The van der Waals surface area contributed by atoms with Crippen molar-refractivity contribution in [1.29, 1.82) is 0 Å². The quantitative estimate of drug-likeness (QED) is 0.742. The first-order chi connectivity index (χ1) is 8.68. The van der Waals surface area contributed by atoms with E-state index < -0.39 is 0 Å². The maximum Gasteiger partial charge on any atom is 0.352 e. The lowest BCUT2D eigenvalue weighted by atomic mass is 10.3. The highest BCUT2D eigenvalue weighted by Gasteiger charge is 2.17. The molecule has 0 radical (unpaired) electrons. The molecule has 5 nitrogen and oxygen atoms in total. The van der Waals surface area contributed by atoms with Gasteiger partial charge in [-0.1, -0.05) is 28.1 Å². The molecule has 92 valence electrons. The third-order valence-corrected chi connectivity index (χ3v) is 3.45. The van der Waals surface area contributed by atoms with Crippen LogP contribution in [0.3, 0.4) is 0 Å². The van der Waals surface area contributed by atoms with Gasteiger partial charge in [-0.25, -0.2) is 23.5 Å². The van der Waals surface area contributed by atoms with E-state index in [9.17, 15) is 9.59 Å². The summed E-state index contributed by atoms with van der Waals surface area (Å²) in [5.41, 5.74) is -0.0130. The maximum absolute atomic E-state index is 12.2. The van der Waals surface area contributed by atoms with E-state index in [1.54, 1.807) is 24.3 Å². The topological polar surface area (TPSA) is 48.9 Å². The molecule has 0 N–H and O–H groups in total. The van der Waals surface area contributed by atoms with Crippen LogP contribution in [0.4, 0.5) is 0 Å². The first-order valence-electron chi connectivity index (χ1n) is 5.52. The standard InChI is InChI=1S/C12H10BrN3O2/c13-9-3-5-10(6-4-9)16-11(17)14-7-1-2-8-15(14)12(16)18/h1-6H,7-8H2. The van der Waals surface area contributed by atoms with Gasteiger partial charge in [0.2, 0.25) is 0 Å². The number of aromatic nitrogens is 3. The molecular weight excluding hydrogens is 298 g/mol. The summed E-state index contributed by atoms with van der Waals surface area (Å²) in [4.78, 5) is 24.4. The first kappa shape index (κ1) is 11.3. The van der Waals surface area contributed by atoms with E-state index in [1.807, 2.05) is 12.2 Å². The van der Waals surface area contributed by atoms with Crippen LogP contribution in [0.1, 0.15) is 0 Å². The summed E-state index contributed by atoms with van der Waals surface area (Å²) < 4.78 is 5.00. The second-order valence-electron chi connectivity index (χ2n) is 4.01. The summed E-state index contributed by atoms with van der Waals surface area (Å²) in [5.74, 6) is 0. The van der Waals surface area contributed by atoms with Crippen molar-refractivity contribution in [3.63, 3.8) is 0 Å². The summed E-state index contributed by atoms with van der Waals surface area (Å²) in [6.45, 7) is 0.884. The highest BCUT2D eigenvalue weighted by molar-refractivity contribution is 9.10. The Hall–Kier alpha value is -1.82. The van der Waals surface area contributed by atoms with Crippen molar-refractivity contribution in [2.24, 2.45) is 0 Å². The average Bonchev–Trinajstić information content (AvgIpc) is 2.64. The van der Waals surface area contributed by atoms with Crippen LogP contribution < -0.4 is 11.4 Å². The van der Waals surface area contributed by atoms with Crippen LogP contribution in [-0.4, -0.2) is 13.9 Å². The first-order valence-corrected chi connectivity index (χ1v) is 6.31. The minimum Gasteiger partial charge on any atom is -0.245 e. The van der Waals surface area contributed by atoms with E-state index in [2.05, 4.69) is 15.9 Å². The van der Waals surface area contributed by atoms with Crippen molar-refractivity contribution in [2.75, 3.05) is 0 Å². The van der Waals surface area contributed by atoms with Crippen molar-refractivity contribution < 1.29 is 0 Å². The van der Waals surface area contributed by atoms with E-state index in [4.69, 9.17) is 0 Å². The van der Waals surface area contributed by atoms with Gasteiger partial charge in [0, 0.05) is 4.47 Å². The lowest BCUT2D eigenvalue weighted by Gasteiger charge is -2.08. The van der Waals surface area contributed by atoms with E-state index >= 15 is 0 Å². The van der Waals surface area contributed by atoms with Gasteiger partial charge in [-0.2, -0.15) is 0 Å². The Kier molecular flexibility index (Phi) is 2.59. The molecule has 18 heavy (non-hydrogen) atoms. The summed E-state index contributed by atoms with van der Waals surface area (Å²) in [6, 6.07) is 7.10. The van der Waals surface area contributed by atoms with Gasteiger partial charge in [-0.05, 0) is 24.3 Å². The predicted octanol–water partition coefficient (Wildman–Crippen LogP) is 1.13. The fourth-order valence-electron chi connectivity index (χ4n) is 2.03. The number of hydrogen-bond acceptors (Lipinski definition) is 2. The van der Waals surface area contributed by atoms with Crippen LogP contribution in [0.25, 0.3) is 5.69 Å². The van der Waals surface area contributed by atoms with E-state index in [0.717, 1.165) is 4.47 Å². The molecule has 0 saturated heterocycles. The molecule has 0 bridgehead atoms. The molecule has 2 aromatic rings. The van der Waals surface area contributed by atoms with E-state index in [-0.39, 0.29) is 11.4 Å². The normalized spacial score (nSPS) is 13.6. The molecule has 0 fully saturated rings. The Morgan fingerprint density at radius 1 is 0.889 bits per heavy atom. The number of allylic oxidation sites excluding steroid dienone is 2. The molecule has 1 aromatic heterocycles. The third kappa shape index (κ3) is 1.60. The smallest absolute Gasteiger partial charge is 0.245 e. The molecule has 3 rings (SSSR count). The van der Waals surface area contributed by atoms with Crippen LogP contribution in [0, 0.1) is 0 Å². The number of rotatable bonds is 1. The molecular formula is C12H10BrN3O2.